The minimum Gasteiger partial charge on any atom is -0.495 e. The summed E-state index contributed by atoms with van der Waals surface area (Å²) in [4.78, 5) is 0.115. The molecule has 0 bridgehead atoms. The van der Waals surface area contributed by atoms with Gasteiger partial charge < -0.3 is 9.84 Å². The summed E-state index contributed by atoms with van der Waals surface area (Å²) in [5, 5.41) is 8.88. The van der Waals surface area contributed by atoms with Crippen LogP contribution in [0.4, 0.5) is 0 Å². The molecule has 1 unspecified atom stereocenters. The Balaban J connectivity index is 2.98. The molecule has 0 fully saturated rings. The number of hydrogen-bond acceptors (Lipinski definition) is 4. The van der Waals surface area contributed by atoms with Crippen molar-refractivity contribution in [1.82, 2.24) is 4.72 Å². The number of rotatable bonds is 7. The quantitative estimate of drug-likeness (QED) is 0.781. The van der Waals surface area contributed by atoms with Crippen molar-refractivity contribution in [3.05, 3.63) is 24.3 Å². The van der Waals surface area contributed by atoms with E-state index in [4.69, 9.17) is 9.84 Å². The molecular weight excluding hydrogens is 254 g/mol. The van der Waals surface area contributed by atoms with Crippen LogP contribution in [0.5, 0.6) is 5.75 Å². The van der Waals surface area contributed by atoms with E-state index >= 15 is 0 Å². The molecule has 1 rings (SSSR count). The predicted octanol–water partition coefficient (Wildman–Crippen LogP) is 1.13. The average molecular weight is 273 g/mol. The molecule has 0 saturated carbocycles. The fourth-order valence-electron chi connectivity index (χ4n) is 1.63. The van der Waals surface area contributed by atoms with Gasteiger partial charge in [-0.3, -0.25) is 0 Å². The van der Waals surface area contributed by atoms with Gasteiger partial charge in [-0.2, -0.15) is 0 Å². The third-order valence-corrected chi connectivity index (χ3v) is 4.21. The molecule has 0 spiro atoms. The Bertz CT molecular complexity index is 473. The normalized spacial score (nSPS) is 13.3. The lowest BCUT2D eigenvalue weighted by Gasteiger charge is -2.17. The zero-order chi connectivity index (χ0) is 13.6. The molecule has 6 heteroatoms. The molecular formula is C12H19NO4S. The summed E-state index contributed by atoms with van der Waals surface area (Å²) in [5.74, 6) is 0.309. The summed E-state index contributed by atoms with van der Waals surface area (Å²) < 4.78 is 32.0. The number of aliphatic hydroxyl groups is 1. The zero-order valence-electron chi connectivity index (χ0n) is 10.6. The molecule has 0 amide bonds. The lowest BCUT2D eigenvalue weighted by Crippen LogP contribution is -2.35. The molecule has 0 aromatic heterocycles. The molecule has 0 aliphatic carbocycles. The smallest absolute Gasteiger partial charge is 0.244 e. The van der Waals surface area contributed by atoms with Gasteiger partial charge in [0.2, 0.25) is 10.0 Å². The van der Waals surface area contributed by atoms with Gasteiger partial charge >= 0.3 is 0 Å². The Hall–Kier alpha value is -1.11. The number of hydrogen-bond donors (Lipinski definition) is 2. The van der Waals surface area contributed by atoms with Crippen molar-refractivity contribution in [3.63, 3.8) is 0 Å². The summed E-state index contributed by atoms with van der Waals surface area (Å²) >= 11 is 0. The van der Waals surface area contributed by atoms with Gasteiger partial charge in [-0.1, -0.05) is 19.1 Å². The van der Waals surface area contributed by atoms with Gasteiger partial charge in [0.1, 0.15) is 10.6 Å². The summed E-state index contributed by atoms with van der Waals surface area (Å²) in [7, 11) is -2.19. The van der Waals surface area contributed by atoms with Crippen LogP contribution in [0.1, 0.15) is 19.8 Å². The maximum absolute atomic E-state index is 12.2. The fraction of sp³-hybridized carbons (Fsp3) is 0.500. The van der Waals surface area contributed by atoms with Gasteiger partial charge in [-0.15, -0.1) is 0 Å². The first-order valence-corrected chi connectivity index (χ1v) is 7.29. The largest absolute Gasteiger partial charge is 0.495 e. The van der Waals surface area contributed by atoms with Crippen LogP contribution in [-0.4, -0.2) is 33.3 Å². The van der Waals surface area contributed by atoms with Gasteiger partial charge in [-0.25, -0.2) is 13.1 Å². The molecule has 2 N–H and O–H groups in total. The van der Waals surface area contributed by atoms with E-state index in [-0.39, 0.29) is 17.5 Å². The van der Waals surface area contributed by atoms with E-state index in [9.17, 15) is 8.42 Å². The third-order valence-electron chi connectivity index (χ3n) is 2.65. The van der Waals surface area contributed by atoms with Crippen molar-refractivity contribution in [2.45, 2.75) is 30.7 Å². The molecule has 1 aromatic rings. The van der Waals surface area contributed by atoms with Crippen LogP contribution in [-0.2, 0) is 10.0 Å². The van der Waals surface area contributed by atoms with E-state index in [2.05, 4.69) is 4.72 Å². The molecule has 5 nitrogen and oxygen atoms in total. The molecule has 102 valence electrons. The summed E-state index contributed by atoms with van der Waals surface area (Å²) in [6.07, 6.45) is 1.01. The summed E-state index contributed by atoms with van der Waals surface area (Å²) in [5.41, 5.74) is 0. The van der Waals surface area contributed by atoms with E-state index < -0.39 is 10.0 Å². The van der Waals surface area contributed by atoms with E-state index in [0.29, 0.717) is 18.6 Å². The van der Waals surface area contributed by atoms with Gasteiger partial charge in [0.15, 0.2) is 0 Å². The molecule has 0 aliphatic rings. The number of sulfonamides is 1. The SMILES string of the molecule is CCC(CCO)NS(=O)(=O)c1ccccc1OC. The second kappa shape index (κ2) is 6.72. The Morgan fingerprint density at radius 2 is 2.06 bits per heavy atom. The topological polar surface area (TPSA) is 75.6 Å². The van der Waals surface area contributed by atoms with Crippen molar-refractivity contribution in [3.8, 4) is 5.75 Å². The van der Waals surface area contributed by atoms with E-state index in [1.54, 1.807) is 18.2 Å². The molecule has 1 aromatic carbocycles. The zero-order valence-corrected chi connectivity index (χ0v) is 11.4. The van der Waals surface area contributed by atoms with E-state index in [1.807, 2.05) is 6.92 Å². The molecule has 0 radical (unpaired) electrons. The van der Waals surface area contributed by atoms with E-state index in [0.717, 1.165) is 0 Å². The molecule has 1 atom stereocenters. The summed E-state index contributed by atoms with van der Waals surface area (Å²) in [6.45, 7) is 1.82. The van der Waals surface area contributed by atoms with Gasteiger partial charge in [0, 0.05) is 12.6 Å². The molecule has 0 heterocycles. The first-order valence-electron chi connectivity index (χ1n) is 5.81. The van der Waals surface area contributed by atoms with Gasteiger partial charge in [0.25, 0.3) is 0 Å². The maximum atomic E-state index is 12.2. The molecule has 0 saturated heterocycles. The van der Waals surface area contributed by atoms with Crippen LogP contribution in [0.3, 0.4) is 0 Å². The van der Waals surface area contributed by atoms with Crippen LogP contribution in [0.2, 0.25) is 0 Å². The first kappa shape index (κ1) is 14.9. The lowest BCUT2D eigenvalue weighted by atomic mass is 10.2. The fourth-order valence-corrected chi connectivity index (χ4v) is 3.15. The maximum Gasteiger partial charge on any atom is 0.244 e. The van der Waals surface area contributed by atoms with Crippen LogP contribution in [0, 0.1) is 0 Å². The number of aliphatic hydroxyl groups excluding tert-OH is 1. The molecule has 0 aliphatic heterocycles. The minimum absolute atomic E-state index is 0.0487. The standard InChI is InChI=1S/C12H19NO4S/c1-3-10(8-9-14)13-18(15,16)12-7-5-4-6-11(12)17-2/h4-7,10,13-14H,3,8-9H2,1-2H3. The first-order chi connectivity index (χ1) is 8.55. The van der Waals surface area contributed by atoms with Crippen molar-refractivity contribution in [2.24, 2.45) is 0 Å². The molecule has 18 heavy (non-hydrogen) atoms. The van der Waals surface area contributed by atoms with Crippen molar-refractivity contribution in [1.29, 1.82) is 0 Å². The lowest BCUT2D eigenvalue weighted by molar-refractivity contribution is 0.270. The third kappa shape index (κ3) is 3.69. The second-order valence-electron chi connectivity index (χ2n) is 3.89. The Morgan fingerprint density at radius 3 is 2.61 bits per heavy atom. The van der Waals surface area contributed by atoms with Crippen molar-refractivity contribution < 1.29 is 18.3 Å². The summed E-state index contributed by atoms with van der Waals surface area (Å²) in [6, 6.07) is 6.17. The highest BCUT2D eigenvalue weighted by molar-refractivity contribution is 7.89. The Kier molecular flexibility index (Phi) is 5.58. The van der Waals surface area contributed by atoms with E-state index in [1.165, 1.54) is 13.2 Å². The minimum atomic E-state index is -3.62. The highest BCUT2D eigenvalue weighted by Gasteiger charge is 2.22. The van der Waals surface area contributed by atoms with Crippen molar-refractivity contribution >= 4 is 10.0 Å². The number of ether oxygens (including phenoxy) is 1. The Labute approximate surface area is 108 Å². The monoisotopic (exact) mass is 273 g/mol. The van der Waals surface area contributed by atoms with Crippen molar-refractivity contribution in [2.75, 3.05) is 13.7 Å². The highest BCUT2D eigenvalue weighted by atomic mass is 32.2. The average Bonchev–Trinajstić information content (AvgIpc) is 2.38. The van der Waals surface area contributed by atoms with Crippen LogP contribution < -0.4 is 9.46 Å². The number of nitrogens with one attached hydrogen (secondary N) is 1. The van der Waals surface area contributed by atoms with Gasteiger partial charge in [-0.05, 0) is 25.0 Å². The Morgan fingerprint density at radius 1 is 1.39 bits per heavy atom. The highest BCUT2D eigenvalue weighted by Crippen LogP contribution is 2.23. The number of para-hydroxylation sites is 1. The van der Waals surface area contributed by atoms with Crippen LogP contribution in [0.25, 0.3) is 0 Å². The number of benzene rings is 1. The number of methoxy groups -OCH3 is 1. The van der Waals surface area contributed by atoms with Crippen LogP contribution >= 0.6 is 0 Å². The second-order valence-corrected chi connectivity index (χ2v) is 5.57. The van der Waals surface area contributed by atoms with Crippen LogP contribution in [0.15, 0.2) is 29.2 Å². The predicted molar refractivity (Wildman–Crippen MR) is 69.1 cm³/mol. The van der Waals surface area contributed by atoms with Gasteiger partial charge in [0.05, 0.1) is 7.11 Å².